The lowest BCUT2D eigenvalue weighted by Crippen LogP contribution is -2.12. The highest BCUT2D eigenvalue weighted by Crippen LogP contribution is 2.29. The van der Waals surface area contributed by atoms with Crippen LogP contribution >= 0.6 is 11.3 Å². The Morgan fingerprint density at radius 3 is 2.50 bits per heavy atom. The Kier molecular flexibility index (Phi) is 4.60. The number of nitrogens with zero attached hydrogens (tertiary/aromatic N) is 1. The Balaban J connectivity index is 1.53. The van der Waals surface area contributed by atoms with E-state index in [4.69, 9.17) is 0 Å². The van der Waals surface area contributed by atoms with E-state index >= 15 is 0 Å². The standard InChI is InChI=1S/C22H22N2OS/c1-14-9-15(2)11-19(10-14)21(25)24-22-23-20(13-26-22)18-8-7-16-5-3-4-6-17(16)12-18/h7-13H,3-6H2,1-2H3,(H,23,24,25). The number of anilines is 1. The average molecular weight is 362 g/mol. The largest absolute Gasteiger partial charge is 0.298 e. The second kappa shape index (κ2) is 7.04. The first kappa shape index (κ1) is 17.0. The van der Waals surface area contributed by atoms with Crippen molar-refractivity contribution in [3.05, 3.63) is 69.6 Å². The van der Waals surface area contributed by atoms with Gasteiger partial charge in [-0.2, -0.15) is 0 Å². The van der Waals surface area contributed by atoms with E-state index in [0.717, 1.165) is 28.8 Å². The number of aryl methyl sites for hydroxylation is 4. The predicted molar refractivity (Wildman–Crippen MR) is 108 cm³/mol. The van der Waals surface area contributed by atoms with Gasteiger partial charge in [0.05, 0.1) is 5.69 Å². The van der Waals surface area contributed by atoms with Crippen molar-refractivity contribution in [2.24, 2.45) is 0 Å². The van der Waals surface area contributed by atoms with Gasteiger partial charge in [0.15, 0.2) is 5.13 Å². The van der Waals surface area contributed by atoms with E-state index in [1.165, 1.54) is 41.7 Å². The number of benzene rings is 2. The molecule has 1 amide bonds. The molecule has 4 heteroatoms. The zero-order valence-corrected chi connectivity index (χ0v) is 16.0. The minimum Gasteiger partial charge on any atom is -0.298 e. The van der Waals surface area contributed by atoms with Crippen molar-refractivity contribution in [3.8, 4) is 11.3 Å². The van der Waals surface area contributed by atoms with Crippen molar-refractivity contribution < 1.29 is 4.79 Å². The zero-order valence-electron chi connectivity index (χ0n) is 15.1. The van der Waals surface area contributed by atoms with Gasteiger partial charge >= 0.3 is 0 Å². The van der Waals surface area contributed by atoms with Gasteiger partial charge in [-0.05, 0) is 68.9 Å². The van der Waals surface area contributed by atoms with Crippen LogP contribution in [0.1, 0.15) is 45.5 Å². The Bertz CT molecular complexity index is 954. The number of hydrogen-bond donors (Lipinski definition) is 1. The first-order chi connectivity index (χ1) is 12.6. The average Bonchev–Trinajstić information content (AvgIpc) is 3.09. The summed E-state index contributed by atoms with van der Waals surface area (Å²) in [5.41, 5.74) is 7.83. The van der Waals surface area contributed by atoms with Crippen molar-refractivity contribution in [1.29, 1.82) is 0 Å². The fourth-order valence-corrected chi connectivity index (χ4v) is 4.35. The zero-order chi connectivity index (χ0) is 18.1. The maximum absolute atomic E-state index is 12.5. The summed E-state index contributed by atoms with van der Waals surface area (Å²) in [6.45, 7) is 4.00. The number of thiazole rings is 1. The third kappa shape index (κ3) is 3.56. The van der Waals surface area contributed by atoms with Crippen LogP contribution in [0, 0.1) is 13.8 Å². The van der Waals surface area contributed by atoms with Gasteiger partial charge in [-0.15, -0.1) is 11.3 Å². The maximum Gasteiger partial charge on any atom is 0.257 e. The van der Waals surface area contributed by atoms with Crippen molar-refractivity contribution in [2.45, 2.75) is 39.5 Å². The molecular weight excluding hydrogens is 340 g/mol. The van der Waals surface area contributed by atoms with Crippen LogP contribution in [0.3, 0.4) is 0 Å². The van der Waals surface area contributed by atoms with E-state index in [9.17, 15) is 4.79 Å². The van der Waals surface area contributed by atoms with Crippen LogP contribution in [0.15, 0.2) is 41.8 Å². The molecule has 3 nitrogen and oxygen atoms in total. The number of nitrogens with one attached hydrogen (secondary N) is 1. The number of fused-ring (bicyclic) bond motifs is 1. The predicted octanol–water partition coefficient (Wildman–Crippen LogP) is 5.56. The number of rotatable bonds is 3. The summed E-state index contributed by atoms with van der Waals surface area (Å²) in [6.07, 6.45) is 4.90. The lowest BCUT2D eigenvalue weighted by molar-refractivity contribution is 0.102. The van der Waals surface area contributed by atoms with Crippen molar-refractivity contribution in [3.63, 3.8) is 0 Å². The van der Waals surface area contributed by atoms with E-state index in [1.54, 1.807) is 0 Å². The first-order valence-corrected chi connectivity index (χ1v) is 9.94. The monoisotopic (exact) mass is 362 g/mol. The summed E-state index contributed by atoms with van der Waals surface area (Å²) < 4.78 is 0. The Morgan fingerprint density at radius 2 is 1.73 bits per heavy atom. The van der Waals surface area contributed by atoms with E-state index in [1.807, 2.05) is 31.4 Å². The van der Waals surface area contributed by atoms with Crippen molar-refractivity contribution in [2.75, 3.05) is 5.32 Å². The number of carbonyl (C=O) groups is 1. The lowest BCUT2D eigenvalue weighted by atomic mass is 9.90. The molecule has 0 unspecified atom stereocenters. The van der Waals surface area contributed by atoms with Crippen LogP contribution < -0.4 is 5.32 Å². The SMILES string of the molecule is Cc1cc(C)cc(C(=O)Nc2nc(-c3ccc4c(c3)CCCC4)cs2)c1. The van der Waals surface area contributed by atoms with Gasteiger partial charge in [-0.1, -0.05) is 29.3 Å². The van der Waals surface area contributed by atoms with Crippen LogP contribution in [-0.2, 0) is 12.8 Å². The number of amides is 1. The molecule has 1 aromatic heterocycles. The van der Waals surface area contributed by atoms with Gasteiger partial charge in [0, 0.05) is 16.5 Å². The Hall–Kier alpha value is -2.46. The Labute approximate surface area is 158 Å². The van der Waals surface area contributed by atoms with E-state index in [-0.39, 0.29) is 5.91 Å². The Morgan fingerprint density at radius 1 is 1.00 bits per heavy atom. The highest BCUT2D eigenvalue weighted by Gasteiger charge is 2.13. The third-order valence-corrected chi connectivity index (χ3v) is 5.61. The van der Waals surface area contributed by atoms with Gasteiger partial charge in [0.2, 0.25) is 0 Å². The summed E-state index contributed by atoms with van der Waals surface area (Å²) in [5.74, 6) is -0.108. The summed E-state index contributed by atoms with van der Waals surface area (Å²) in [5, 5.41) is 5.59. The molecule has 1 heterocycles. The number of aromatic nitrogens is 1. The van der Waals surface area contributed by atoms with Gasteiger partial charge in [-0.25, -0.2) is 4.98 Å². The summed E-state index contributed by atoms with van der Waals surface area (Å²) in [6, 6.07) is 12.5. The molecule has 1 N–H and O–H groups in total. The van der Waals surface area contributed by atoms with Crippen LogP contribution in [-0.4, -0.2) is 10.9 Å². The highest BCUT2D eigenvalue weighted by molar-refractivity contribution is 7.14. The summed E-state index contributed by atoms with van der Waals surface area (Å²) >= 11 is 1.47. The molecule has 26 heavy (non-hydrogen) atoms. The molecule has 0 radical (unpaired) electrons. The molecule has 2 aromatic carbocycles. The van der Waals surface area contributed by atoms with Crippen molar-refractivity contribution in [1.82, 2.24) is 4.98 Å². The smallest absolute Gasteiger partial charge is 0.257 e. The molecule has 4 rings (SSSR count). The molecule has 1 aliphatic rings. The van der Waals surface area contributed by atoms with Gasteiger partial charge in [0.25, 0.3) is 5.91 Å². The fourth-order valence-electron chi connectivity index (χ4n) is 3.63. The van der Waals surface area contributed by atoms with Crippen LogP contribution in [0.2, 0.25) is 0 Å². The molecular formula is C22H22N2OS. The molecule has 0 atom stereocenters. The van der Waals surface area contributed by atoms with Crippen LogP contribution in [0.4, 0.5) is 5.13 Å². The molecule has 132 valence electrons. The molecule has 0 fully saturated rings. The molecule has 0 aliphatic heterocycles. The third-order valence-electron chi connectivity index (χ3n) is 4.85. The quantitative estimate of drug-likeness (QED) is 0.663. The maximum atomic E-state index is 12.5. The summed E-state index contributed by atoms with van der Waals surface area (Å²) in [7, 11) is 0. The van der Waals surface area contributed by atoms with Gasteiger partial charge < -0.3 is 0 Å². The molecule has 0 saturated heterocycles. The highest BCUT2D eigenvalue weighted by atomic mass is 32.1. The molecule has 0 bridgehead atoms. The summed E-state index contributed by atoms with van der Waals surface area (Å²) in [4.78, 5) is 17.1. The van der Waals surface area contributed by atoms with Gasteiger partial charge in [0.1, 0.15) is 0 Å². The van der Waals surface area contributed by atoms with Crippen LogP contribution in [0.5, 0.6) is 0 Å². The topological polar surface area (TPSA) is 42.0 Å². The van der Waals surface area contributed by atoms with Gasteiger partial charge in [-0.3, -0.25) is 10.1 Å². The normalized spacial score (nSPS) is 13.3. The number of carbonyl (C=O) groups excluding carboxylic acids is 1. The second-order valence-corrected chi connectivity index (χ2v) is 7.92. The van der Waals surface area contributed by atoms with Crippen LogP contribution in [0.25, 0.3) is 11.3 Å². The van der Waals surface area contributed by atoms with Crippen molar-refractivity contribution >= 4 is 22.4 Å². The minimum absolute atomic E-state index is 0.108. The fraction of sp³-hybridized carbons (Fsp3) is 0.273. The molecule has 1 aliphatic carbocycles. The molecule has 0 spiro atoms. The van der Waals surface area contributed by atoms with E-state index < -0.39 is 0 Å². The number of hydrogen-bond acceptors (Lipinski definition) is 3. The van der Waals surface area contributed by atoms with E-state index in [2.05, 4.69) is 34.6 Å². The lowest BCUT2D eigenvalue weighted by Gasteiger charge is -2.16. The first-order valence-electron chi connectivity index (χ1n) is 9.06. The van der Waals surface area contributed by atoms with E-state index in [0.29, 0.717) is 10.7 Å². The second-order valence-electron chi connectivity index (χ2n) is 7.06. The molecule has 3 aromatic rings. The molecule has 0 saturated carbocycles. The minimum atomic E-state index is -0.108.